The van der Waals surface area contributed by atoms with E-state index < -0.39 is 0 Å². The van der Waals surface area contributed by atoms with E-state index in [-0.39, 0.29) is 0 Å². The molecule has 0 aromatic carbocycles. The number of aromatic nitrogens is 1. The molecule has 1 unspecified atom stereocenters. The Labute approximate surface area is 105 Å². The van der Waals surface area contributed by atoms with Crippen molar-refractivity contribution in [2.45, 2.75) is 46.7 Å². The van der Waals surface area contributed by atoms with Crippen molar-refractivity contribution in [2.24, 2.45) is 0 Å². The summed E-state index contributed by atoms with van der Waals surface area (Å²) in [5, 5.41) is 3.35. The van der Waals surface area contributed by atoms with Crippen molar-refractivity contribution in [1.82, 2.24) is 10.3 Å². The van der Waals surface area contributed by atoms with Gasteiger partial charge in [0.15, 0.2) is 0 Å². The van der Waals surface area contributed by atoms with Crippen molar-refractivity contribution in [3.05, 3.63) is 23.9 Å². The second kappa shape index (κ2) is 7.28. The Morgan fingerprint density at radius 1 is 1.35 bits per heavy atom. The van der Waals surface area contributed by atoms with Crippen LogP contribution in [0.3, 0.4) is 0 Å². The summed E-state index contributed by atoms with van der Waals surface area (Å²) in [7, 11) is 0. The molecular formula is C14H25N3. The highest BCUT2D eigenvalue weighted by Crippen LogP contribution is 2.16. The van der Waals surface area contributed by atoms with Gasteiger partial charge < -0.3 is 10.2 Å². The van der Waals surface area contributed by atoms with E-state index in [0.717, 1.165) is 31.9 Å². The third kappa shape index (κ3) is 4.00. The van der Waals surface area contributed by atoms with Crippen molar-refractivity contribution < 1.29 is 0 Å². The Hall–Kier alpha value is -1.09. The zero-order valence-corrected chi connectivity index (χ0v) is 11.5. The largest absolute Gasteiger partial charge is 0.354 e. The van der Waals surface area contributed by atoms with Crippen LogP contribution >= 0.6 is 0 Å². The lowest BCUT2D eigenvalue weighted by Crippen LogP contribution is -2.33. The number of rotatable bonds is 7. The first-order valence-electron chi connectivity index (χ1n) is 6.65. The van der Waals surface area contributed by atoms with Gasteiger partial charge in [0.25, 0.3) is 0 Å². The van der Waals surface area contributed by atoms with E-state index in [1.165, 1.54) is 5.56 Å². The molecule has 3 nitrogen and oxygen atoms in total. The second-order valence-electron chi connectivity index (χ2n) is 4.35. The molecule has 17 heavy (non-hydrogen) atoms. The Balaban J connectivity index is 2.81. The van der Waals surface area contributed by atoms with E-state index in [1.807, 2.05) is 6.20 Å². The van der Waals surface area contributed by atoms with Gasteiger partial charge in [-0.15, -0.1) is 0 Å². The van der Waals surface area contributed by atoms with E-state index >= 15 is 0 Å². The summed E-state index contributed by atoms with van der Waals surface area (Å²) < 4.78 is 0. The van der Waals surface area contributed by atoms with E-state index in [0.29, 0.717) is 6.04 Å². The smallest absolute Gasteiger partial charge is 0.129 e. The Bertz CT molecular complexity index is 325. The molecule has 0 saturated carbocycles. The first-order valence-corrected chi connectivity index (χ1v) is 6.65. The molecule has 0 fully saturated rings. The van der Waals surface area contributed by atoms with Crippen LogP contribution in [0, 0.1) is 0 Å². The fourth-order valence-electron chi connectivity index (χ4n) is 1.92. The molecule has 0 saturated heterocycles. The minimum Gasteiger partial charge on any atom is -0.354 e. The van der Waals surface area contributed by atoms with Crippen LogP contribution in [0.15, 0.2) is 18.3 Å². The first-order chi connectivity index (χ1) is 8.22. The topological polar surface area (TPSA) is 28.2 Å². The van der Waals surface area contributed by atoms with Crippen molar-refractivity contribution >= 4 is 5.82 Å². The molecule has 1 N–H and O–H groups in total. The molecule has 0 radical (unpaired) electrons. The van der Waals surface area contributed by atoms with E-state index in [9.17, 15) is 0 Å². The van der Waals surface area contributed by atoms with Crippen LogP contribution in [-0.4, -0.2) is 24.1 Å². The van der Waals surface area contributed by atoms with Gasteiger partial charge in [-0.1, -0.05) is 13.8 Å². The lowest BCUT2D eigenvalue weighted by molar-refractivity contribution is 0.622. The van der Waals surface area contributed by atoms with Gasteiger partial charge in [0, 0.05) is 25.3 Å². The van der Waals surface area contributed by atoms with Gasteiger partial charge in [-0.2, -0.15) is 0 Å². The fourth-order valence-corrected chi connectivity index (χ4v) is 1.92. The average molecular weight is 235 g/mol. The third-order valence-corrected chi connectivity index (χ3v) is 3.15. The quantitative estimate of drug-likeness (QED) is 0.787. The standard InChI is InChI=1S/C14H25N3/c1-5-12(4)17(7-3)14-10-13(8-9-16-14)11-15-6-2/h8-10,12,15H,5-7,11H2,1-4H3. The van der Waals surface area contributed by atoms with Crippen LogP contribution in [0.2, 0.25) is 0 Å². The van der Waals surface area contributed by atoms with Crippen molar-refractivity contribution in [2.75, 3.05) is 18.0 Å². The van der Waals surface area contributed by atoms with Crippen LogP contribution in [0.25, 0.3) is 0 Å². The fraction of sp³-hybridized carbons (Fsp3) is 0.643. The van der Waals surface area contributed by atoms with Crippen LogP contribution in [0.1, 0.15) is 39.7 Å². The van der Waals surface area contributed by atoms with Crippen molar-refractivity contribution in [1.29, 1.82) is 0 Å². The average Bonchev–Trinajstić information content (AvgIpc) is 2.37. The predicted octanol–water partition coefficient (Wildman–Crippen LogP) is 2.82. The van der Waals surface area contributed by atoms with Crippen LogP contribution < -0.4 is 10.2 Å². The summed E-state index contributed by atoms with van der Waals surface area (Å²) in [4.78, 5) is 6.84. The number of hydrogen-bond donors (Lipinski definition) is 1. The van der Waals surface area contributed by atoms with Crippen LogP contribution in [0.5, 0.6) is 0 Å². The molecule has 1 heterocycles. The minimum absolute atomic E-state index is 0.543. The van der Waals surface area contributed by atoms with Gasteiger partial charge in [0.05, 0.1) is 0 Å². The SMILES string of the molecule is CCNCc1ccnc(N(CC)C(C)CC)c1. The molecule has 0 spiro atoms. The van der Waals surface area contributed by atoms with E-state index in [4.69, 9.17) is 0 Å². The molecule has 0 aliphatic carbocycles. The zero-order chi connectivity index (χ0) is 12.7. The molecule has 0 bridgehead atoms. The van der Waals surface area contributed by atoms with Crippen LogP contribution in [-0.2, 0) is 6.54 Å². The summed E-state index contributed by atoms with van der Waals surface area (Å²) in [6, 6.07) is 4.82. The Kier molecular flexibility index (Phi) is 5.98. The lowest BCUT2D eigenvalue weighted by Gasteiger charge is -2.28. The molecule has 1 rings (SSSR count). The van der Waals surface area contributed by atoms with Gasteiger partial charge in [0.2, 0.25) is 0 Å². The maximum absolute atomic E-state index is 4.49. The molecule has 3 heteroatoms. The van der Waals surface area contributed by atoms with E-state index in [1.54, 1.807) is 0 Å². The second-order valence-corrected chi connectivity index (χ2v) is 4.35. The normalized spacial score (nSPS) is 12.5. The van der Waals surface area contributed by atoms with Gasteiger partial charge in [-0.05, 0) is 44.5 Å². The summed E-state index contributed by atoms with van der Waals surface area (Å²) in [5.41, 5.74) is 1.30. The molecule has 96 valence electrons. The Morgan fingerprint density at radius 2 is 2.12 bits per heavy atom. The maximum Gasteiger partial charge on any atom is 0.129 e. The number of hydrogen-bond acceptors (Lipinski definition) is 3. The molecule has 1 aromatic heterocycles. The van der Waals surface area contributed by atoms with Gasteiger partial charge >= 0.3 is 0 Å². The molecule has 0 aliphatic heterocycles. The first kappa shape index (κ1) is 14.0. The highest BCUT2D eigenvalue weighted by atomic mass is 15.2. The highest BCUT2D eigenvalue weighted by Gasteiger charge is 2.12. The monoisotopic (exact) mass is 235 g/mol. The van der Waals surface area contributed by atoms with Crippen molar-refractivity contribution in [3.8, 4) is 0 Å². The van der Waals surface area contributed by atoms with Gasteiger partial charge in [-0.25, -0.2) is 4.98 Å². The minimum atomic E-state index is 0.543. The zero-order valence-electron chi connectivity index (χ0n) is 11.5. The summed E-state index contributed by atoms with van der Waals surface area (Å²) in [6.07, 6.45) is 3.06. The number of pyridine rings is 1. The number of nitrogens with zero attached hydrogens (tertiary/aromatic N) is 2. The molecule has 0 amide bonds. The summed E-state index contributed by atoms with van der Waals surface area (Å²) >= 11 is 0. The van der Waals surface area contributed by atoms with Crippen molar-refractivity contribution in [3.63, 3.8) is 0 Å². The van der Waals surface area contributed by atoms with E-state index in [2.05, 4.69) is 55.0 Å². The number of anilines is 1. The third-order valence-electron chi connectivity index (χ3n) is 3.15. The molecular weight excluding hydrogens is 210 g/mol. The summed E-state index contributed by atoms with van der Waals surface area (Å²) in [6.45, 7) is 11.7. The number of nitrogens with one attached hydrogen (secondary N) is 1. The lowest BCUT2D eigenvalue weighted by atomic mass is 10.2. The summed E-state index contributed by atoms with van der Waals surface area (Å²) in [5.74, 6) is 1.09. The molecule has 1 atom stereocenters. The predicted molar refractivity (Wildman–Crippen MR) is 74.4 cm³/mol. The maximum atomic E-state index is 4.49. The Morgan fingerprint density at radius 3 is 2.71 bits per heavy atom. The van der Waals surface area contributed by atoms with Crippen LogP contribution in [0.4, 0.5) is 5.82 Å². The van der Waals surface area contributed by atoms with Gasteiger partial charge in [0.1, 0.15) is 5.82 Å². The molecule has 1 aromatic rings. The highest BCUT2D eigenvalue weighted by molar-refractivity contribution is 5.41. The van der Waals surface area contributed by atoms with Gasteiger partial charge in [-0.3, -0.25) is 0 Å². The molecule has 0 aliphatic rings.